The van der Waals surface area contributed by atoms with Crippen molar-refractivity contribution >= 4 is 28.8 Å². The van der Waals surface area contributed by atoms with Gasteiger partial charge in [0.15, 0.2) is 5.65 Å². The van der Waals surface area contributed by atoms with Crippen LogP contribution in [0.15, 0.2) is 25.0 Å². The van der Waals surface area contributed by atoms with E-state index in [0.717, 1.165) is 25.7 Å². The molecular formula is C19H24N6O2. The molecule has 3 heterocycles. The fraction of sp³-hybridized carbons (Fsp3) is 0.474. The fourth-order valence-electron chi connectivity index (χ4n) is 3.58. The molecule has 1 aliphatic heterocycles. The van der Waals surface area contributed by atoms with Crippen LogP contribution in [0.1, 0.15) is 43.0 Å². The Morgan fingerprint density at radius 3 is 2.85 bits per heavy atom. The van der Waals surface area contributed by atoms with Gasteiger partial charge in [-0.25, -0.2) is 9.97 Å². The number of fused-ring (bicyclic) bond motifs is 1. The first-order valence-corrected chi connectivity index (χ1v) is 9.39. The standard InChI is InChI=1S/C19H24N6O2/c1-3-16(26)25-7-6-13(8-11(25)2)22-15-10-21-18-17(24-15)14(9-20-18)19(27)23-12-4-5-12/h3,9-13H,1,4-8H2,2H3,(H,20,21)(H,22,24)(H,23,27). The van der Waals surface area contributed by atoms with Gasteiger partial charge in [-0.2, -0.15) is 0 Å². The van der Waals surface area contributed by atoms with Gasteiger partial charge in [-0.05, 0) is 38.7 Å². The number of piperidine rings is 1. The van der Waals surface area contributed by atoms with Gasteiger partial charge in [-0.3, -0.25) is 9.59 Å². The van der Waals surface area contributed by atoms with Crippen LogP contribution in [0.25, 0.3) is 11.2 Å². The van der Waals surface area contributed by atoms with E-state index in [1.54, 1.807) is 12.4 Å². The molecule has 1 saturated heterocycles. The third-order valence-electron chi connectivity index (χ3n) is 5.22. The maximum Gasteiger partial charge on any atom is 0.255 e. The fourth-order valence-corrected chi connectivity index (χ4v) is 3.58. The molecule has 142 valence electrons. The van der Waals surface area contributed by atoms with Gasteiger partial charge in [0.2, 0.25) is 5.91 Å². The van der Waals surface area contributed by atoms with E-state index in [1.807, 2.05) is 11.8 Å². The number of likely N-dealkylation sites (tertiary alicyclic amines) is 1. The minimum Gasteiger partial charge on any atom is -0.366 e. The first-order chi connectivity index (χ1) is 13.0. The lowest BCUT2D eigenvalue weighted by Gasteiger charge is -2.37. The van der Waals surface area contributed by atoms with Gasteiger partial charge >= 0.3 is 0 Å². The molecule has 2 aliphatic rings. The molecule has 2 unspecified atom stereocenters. The Bertz CT molecular complexity index is 887. The highest BCUT2D eigenvalue weighted by atomic mass is 16.2. The van der Waals surface area contributed by atoms with Crippen molar-refractivity contribution in [3.05, 3.63) is 30.6 Å². The maximum atomic E-state index is 12.4. The van der Waals surface area contributed by atoms with Gasteiger partial charge in [0.05, 0.1) is 11.8 Å². The normalized spacial score (nSPS) is 22.5. The van der Waals surface area contributed by atoms with Gasteiger partial charge in [-0.15, -0.1) is 0 Å². The molecule has 27 heavy (non-hydrogen) atoms. The topological polar surface area (TPSA) is 103 Å². The average molecular weight is 368 g/mol. The number of aromatic amines is 1. The van der Waals surface area contributed by atoms with Crippen molar-refractivity contribution in [2.45, 2.75) is 50.7 Å². The predicted octanol–water partition coefficient (Wildman–Crippen LogP) is 1.83. The molecule has 4 rings (SSSR count). The van der Waals surface area contributed by atoms with Crippen LogP contribution in [0.5, 0.6) is 0 Å². The van der Waals surface area contributed by atoms with Crippen molar-refractivity contribution in [3.8, 4) is 0 Å². The lowest BCUT2D eigenvalue weighted by atomic mass is 9.98. The summed E-state index contributed by atoms with van der Waals surface area (Å²) in [5, 5.41) is 6.39. The Balaban J connectivity index is 1.47. The highest BCUT2D eigenvalue weighted by Crippen LogP contribution is 2.23. The maximum absolute atomic E-state index is 12.4. The monoisotopic (exact) mass is 368 g/mol. The van der Waals surface area contributed by atoms with Crippen LogP contribution >= 0.6 is 0 Å². The Morgan fingerprint density at radius 1 is 1.33 bits per heavy atom. The molecule has 0 aromatic carbocycles. The molecule has 2 aromatic rings. The lowest BCUT2D eigenvalue weighted by Crippen LogP contribution is -2.47. The summed E-state index contributed by atoms with van der Waals surface area (Å²) in [7, 11) is 0. The Hall–Kier alpha value is -2.90. The van der Waals surface area contributed by atoms with Gasteiger partial charge in [0.1, 0.15) is 11.3 Å². The molecule has 8 heteroatoms. The Morgan fingerprint density at radius 2 is 2.15 bits per heavy atom. The second-order valence-electron chi connectivity index (χ2n) is 7.35. The highest BCUT2D eigenvalue weighted by molar-refractivity contribution is 6.04. The summed E-state index contributed by atoms with van der Waals surface area (Å²) < 4.78 is 0. The van der Waals surface area contributed by atoms with Gasteiger partial charge < -0.3 is 20.5 Å². The van der Waals surface area contributed by atoms with Crippen molar-refractivity contribution in [2.75, 3.05) is 11.9 Å². The second-order valence-corrected chi connectivity index (χ2v) is 7.35. The number of hydrogen-bond donors (Lipinski definition) is 3. The highest BCUT2D eigenvalue weighted by Gasteiger charge is 2.28. The van der Waals surface area contributed by atoms with Crippen LogP contribution in [0.3, 0.4) is 0 Å². The number of anilines is 1. The van der Waals surface area contributed by atoms with E-state index >= 15 is 0 Å². The molecule has 3 N–H and O–H groups in total. The van der Waals surface area contributed by atoms with Crippen molar-refractivity contribution < 1.29 is 9.59 Å². The van der Waals surface area contributed by atoms with Crippen molar-refractivity contribution in [1.82, 2.24) is 25.2 Å². The van der Waals surface area contributed by atoms with Crippen molar-refractivity contribution in [1.29, 1.82) is 0 Å². The molecule has 2 fully saturated rings. The zero-order valence-corrected chi connectivity index (χ0v) is 15.4. The molecule has 0 bridgehead atoms. The van der Waals surface area contributed by atoms with E-state index in [9.17, 15) is 9.59 Å². The summed E-state index contributed by atoms with van der Waals surface area (Å²) in [5.41, 5.74) is 1.69. The molecule has 2 aromatic heterocycles. The number of nitrogens with one attached hydrogen (secondary N) is 3. The molecule has 1 aliphatic carbocycles. The van der Waals surface area contributed by atoms with E-state index in [2.05, 4.69) is 32.2 Å². The number of carbonyl (C=O) groups is 2. The molecular weight excluding hydrogens is 344 g/mol. The van der Waals surface area contributed by atoms with Gasteiger partial charge in [0, 0.05) is 30.9 Å². The number of hydrogen-bond acceptors (Lipinski definition) is 5. The zero-order chi connectivity index (χ0) is 19.0. The quantitative estimate of drug-likeness (QED) is 0.699. The summed E-state index contributed by atoms with van der Waals surface area (Å²) in [6.07, 6.45) is 8.42. The second kappa shape index (κ2) is 7.02. The van der Waals surface area contributed by atoms with E-state index < -0.39 is 0 Å². The first kappa shape index (κ1) is 17.5. The SMILES string of the molecule is C=CC(=O)N1CCC(Nc2cnc3[nH]cc(C(=O)NC4CC4)c3n2)CC1C. The van der Waals surface area contributed by atoms with Crippen LogP contribution in [0, 0.1) is 0 Å². The van der Waals surface area contributed by atoms with E-state index in [1.165, 1.54) is 6.08 Å². The number of H-pyrrole nitrogens is 1. The summed E-state index contributed by atoms with van der Waals surface area (Å²) in [6, 6.07) is 0.621. The molecule has 0 radical (unpaired) electrons. The van der Waals surface area contributed by atoms with Crippen LogP contribution in [-0.4, -0.2) is 56.3 Å². The van der Waals surface area contributed by atoms with Gasteiger partial charge in [0.25, 0.3) is 5.91 Å². The lowest BCUT2D eigenvalue weighted by molar-refractivity contribution is -0.129. The van der Waals surface area contributed by atoms with Crippen molar-refractivity contribution in [3.63, 3.8) is 0 Å². The summed E-state index contributed by atoms with van der Waals surface area (Å²) in [4.78, 5) is 38.1. The summed E-state index contributed by atoms with van der Waals surface area (Å²) >= 11 is 0. The number of amides is 2. The summed E-state index contributed by atoms with van der Waals surface area (Å²) in [6.45, 7) is 6.28. The minimum atomic E-state index is -0.111. The molecule has 0 spiro atoms. The van der Waals surface area contributed by atoms with E-state index in [0.29, 0.717) is 35.1 Å². The van der Waals surface area contributed by atoms with Gasteiger partial charge in [-0.1, -0.05) is 6.58 Å². The minimum absolute atomic E-state index is 0.0270. The van der Waals surface area contributed by atoms with E-state index in [4.69, 9.17) is 0 Å². The largest absolute Gasteiger partial charge is 0.366 e. The van der Waals surface area contributed by atoms with Crippen LogP contribution in [-0.2, 0) is 4.79 Å². The molecule has 8 nitrogen and oxygen atoms in total. The Kier molecular flexibility index (Phi) is 4.55. The first-order valence-electron chi connectivity index (χ1n) is 9.39. The Labute approximate surface area is 157 Å². The summed E-state index contributed by atoms with van der Waals surface area (Å²) in [5.74, 6) is 0.504. The molecule has 2 atom stereocenters. The smallest absolute Gasteiger partial charge is 0.255 e. The van der Waals surface area contributed by atoms with Crippen LogP contribution in [0.2, 0.25) is 0 Å². The predicted molar refractivity (Wildman–Crippen MR) is 102 cm³/mol. The molecule has 1 saturated carbocycles. The number of carbonyl (C=O) groups excluding carboxylic acids is 2. The zero-order valence-electron chi connectivity index (χ0n) is 15.4. The third-order valence-corrected chi connectivity index (χ3v) is 5.22. The average Bonchev–Trinajstić information content (AvgIpc) is 3.37. The number of aromatic nitrogens is 3. The number of rotatable bonds is 5. The third kappa shape index (κ3) is 3.65. The van der Waals surface area contributed by atoms with E-state index in [-0.39, 0.29) is 23.9 Å². The van der Waals surface area contributed by atoms with Crippen LogP contribution < -0.4 is 10.6 Å². The molecule has 2 amide bonds. The van der Waals surface area contributed by atoms with Crippen molar-refractivity contribution in [2.24, 2.45) is 0 Å². The van der Waals surface area contributed by atoms with Crippen LogP contribution in [0.4, 0.5) is 5.82 Å². The number of nitrogens with zero attached hydrogens (tertiary/aromatic N) is 3.